The van der Waals surface area contributed by atoms with Crippen molar-refractivity contribution in [2.75, 3.05) is 65.7 Å². The van der Waals surface area contributed by atoms with Crippen molar-refractivity contribution in [3.05, 3.63) is 144 Å². The van der Waals surface area contributed by atoms with Gasteiger partial charge in [-0.3, -0.25) is 0 Å². The Kier molecular flexibility index (Phi) is 21.9. The average Bonchev–Trinajstić information content (AvgIpc) is 3.28. The predicted molar refractivity (Wildman–Crippen MR) is 219 cm³/mol. The van der Waals surface area contributed by atoms with Gasteiger partial charge in [-0.15, -0.1) is 0 Å². The van der Waals surface area contributed by atoms with E-state index < -0.39 is 23.9 Å². The minimum absolute atomic E-state index is 0.00694. The number of hydrogen-bond donors (Lipinski definition) is 5. The van der Waals surface area contributed by atoms with E-state index in [2.05, 4.69) is 26.6 Å². The van der Waals surface area contributed by atoms with Gasteiger partial charge in [0.1, 0.15) is 26.4 Å². The Morgan fingerprint density at radius 1 is 0.431 bits per heavy atom. The summed E-state index contributed by atoms with van der Waals surface area (Å²) < 4.78 is 22.9. The Balaban J connectivity index is 0.00000240. The molecule has 1 aliphatic rings. The normalized spacial score (nSPS) is 19.1. The van der Waals surface area contributed by atoms with E-state index in [-0.39, 0.29) is 63.7 Å². The molecular formula is C42H49Cl2MnN5O8. The molecule has 0 bridgehead atoms. The molecule has 0 radical (unpaired) electrons. The molecule has 1 heterocycles. The molecule has 0 amide bonds. The number of hydrogen-bond acceptors (Lipinski definition) is 13. The van der Waals surface area contributed by atoms with Crippen LogP contribution in [-0.4, -0.2) is 114 Å². The number of ether oxygens (including phenoxy) is 4. The second-order valence-corrected chi connectivity index (χ2v) is 15.0. The van der Waals surface area contributed by atoms with Crippen molar-refractivity contribution >= 4 is 44.1 Å². The van der Waals surface area contributed by atoms with Gasteiger partial charge in [0.05, 0.1) is 46.4 Å². The molecule has 0 saturated carbocycles. The molecule has 1 fully saturated rings. The summed E-state index contributed by atoms with van der Waals surface area (Å²) in [6.45, 7) is 2.83. The third-order valence-corrected chi connectivity index (χ3v) is 8.78. The number of halogens is 2. The fraction of sp³-hybridized carbons (Fsp3) is 0.333. The molecule has 311 valence electrons. The molecule has 13 nitrogen and oxygen atoms in total. The van der Waals surface area contributed by atoms with Crippen LogP contribution in [0.5, 0.6) is 0 Å². The number of benzene rings is 4. The molecular weight excluding hydrogens is 828 g/mol. The van der Waals surface area contributed by atoms with Crippen molar-refractivity contribution in [3.8, 4) is 0 Å². The van der Waals surface area contributed by atoms with Gasteiger partial charge in [-0.1, -0.05) is 72.8 Å². The molecule has 4 aromatic carbocycles. The zero-order chi connectivity index (χ0) is 41.2. The van der Waals surface area contributed by atoms with E-state index >= 15 is 0 Å². The monoisotopic (exact) mass is 876 g/mol. The first-order valence-corrected chi connectivity index (χ1v) is 22.0. The Hall–Kier alpha value is -4.34. The van der Waals surface area contributed by atoms with Crippen molar-refractivity contribution in [1.29, 1.82) is 0 Å². The summed E-state index contributed by atoms with van der Waals surface area (Å²) in [7, 11) is 9.59. The SMILES string of the molecule is O=C(OC[C@@H]1CNCCN[C@H](COC(=O)c2ccccc2)CN[C@H](COC(=O)c2ccccc2)CN[C@H](COC(=O)c2ccccc2)CN1)c1ccccc1.[Cl][Mn][Cl]. The van der Waals surface area contributed by atoms with Gasteiger partial charge in [-0.05, 0) is 48.5 Å². The number of carbonyl (C=O) groups is 4. The number of rotatable bonds is 12. The van der Waals surface area contributed by atoms with E-state index in [9.17, 15) is 19.2 Å². The van der Waals surface area contributed by atoms with Crippen molar-refractivity contribution < 1.29 is 51.3 Å². The molecule has 0 aliphatic carbocycles. The van der Waals surface area contributed by atoms with Crippen molar-refractivity contribution in [2.45, 2.75) is 24.2 Å². The second-order valence-electron chi connectivity index (χ2n) is 13.1. The van der Waals surface area contributed by atoms with Crippen molar-refractivity contribution in [1.82, 2.24) is 26.6 Å². The summed E-state index contributed by atoms with van der Waals surface area (Å²) in [5.41, 5.74) is 1.77. The van der Waals surface area contributed by atoms with E-state index in [1.165, 1.54) is 0 Å². The second kappa shape index (κ2) is 27.4. The fourth-order valence-corrected chi connectivity index (χ4v) is 5.66. The van der Waals surface area contributed by atoms with Gasteiger partial charge in [-0.2, -0.15) is 0 Å². The van der Waals surface area contributed by atoms with Crippen LogP contribution in [0.1, 0.15) is 41.4 Å². The van der Waals surface area contributed by atoms with Crippen LogP contribution in [0.3, 0.4) is 0 Å². The molecule has 4 aromatic rings. The molecule has 1 saturated heterocycles. The minimum atomic E-state index is -0.460. The van der Waals surface area contributed by atoms with Gasteiger partial charge in [0.2, 0.25) is 0 Å². The molecule has 0 aromatic heterocycles. The van der Waals surface area contributed by atoms with E-state index in [1.54, 1.807) is 97.1 Å². The first kappa shape index (κ1) is 46.4. The van der Waals surface area contributed by atoms with Gasteiger partial charge < -0.3 is 45.5 Å². The summed E-state index contributed by atoms with van der Waals surface area (Å²) >= 11 is 0.00694. The summed E-state index contributed by atoms with van der Waals surface area (Å²) in [6, 6.07) is 33.7. The Labute approximate surface area is 353 Å². The molecule has 4 atom stereocenters. The van der Waals surface area contributed by atoms with Gasteiger partial charge in [0.15, 0.2) is 0 Å². The van der Waals surface area contributed by atoms with Crippen LogP contribution in [0.4, 0.5) is 0 Å². The Bertz CT molecular complexity index is 1660. The van der Waals surface area contributed by atoms with Gasteiger partial charge in [0.25, 0.3) is 0 Å². The van der Waals surface area contributed by atoms with Gasteiger partial charge in [-0.25, -0.2) is 19.2 Å². The summed E-state index contributed by atoms with van der Waals surface area (Å²) in [4.78, 5) is 51.5. The van der Waals surface area contributed by atoms with E-state index in [1.807, 2.05) is 24.3 Å². The molecule has 58 heavy (non-hydrogen) atoms. The zero-order valence-electron chi connectivity index (χ0n) is 31.8. The van der Waals surface area contributed by atoms with E-state index in [4.69, 9.17) is 39.1 Å². The number of nitrogens with one attached hydrogen (secondary N) is 5. The van der Waals surface area contributed by atoms with Crippen LogP contribution in [0.15, 0.2) is 121 Å². The first-order valence-electron chi connectivity index (χ1n) is 18.8. The maximum atomic E-state index is 12.9. The van der Waals surface area contributed by atoms with E-state index in [0.29, 0.717) is 61.5 Å². The molecule has 16 heteroatoms. The topological polar surface area (TPSA) is 165 Å². The van der Waals surface area contributed by atoms with Crippen molar-refractivity contribution in [2.24, 2.45) is 0 Å². The third kappa shape index (κ3) is 17.7. The molecule has 5 rings (SSSR count). The first-order chi connectivity index (χ1) is 28.4. The summed E-state index contributed by atoms with van der Waals surface area (Å²) in [6.07, 6.45) is 0. The third-order valence-electron chi connectivity index (χ3n) is 8.78. The van der Waals surface area contributed by atoms with Crippen LogP contribution in [0.2, 0.25) is 0 Å². The number of esters is 4. The van der Waals surface area contributed by atoms with Crippen LogP contribution >= 0.6 is 20.2 Å². The van der Waals surface area contributed by atoms with Crippen LogP contribution in [-0.2, 0) is 32.1 Å². The average molecular weight is 878 g/mol. The molecule has 0 unspecified atom stereocenters. The van der Waals surface area contributed by atoms with Crippen molar-refractivity contribution in [3.63, 3.8) is 0 Å². The van der Waals surface area contributed by atoms with Crippen LogP contribution in [0, 0.1) is 0 Å². The molecule has 1 aliphatic heterocycles. The van der Waals surface area contributed by atoms with Crippen LogP contribution < -0.4 is 26.6 Å². The summed E-state index contributed by atoms with van der Waals surface area (Å²) in [5, 5.41) is 17.3. The fourth-order valence-electron chi connectivity index (χ4n) is 5.66. The van der Waals surface area contributed by atoms with Crippen LogP contribution in [0.25, 0.3) is 0 Å². The Morgan fingerprint density at radius 3 is 0.983 bits per heavy atom. The Morgan fingerprint density at radius 2 is 0.690 bits per heavy atom. The molecule has 0 spiro atoms. The summed E-state index contributed by atoms with van der Waals surface area (Å²) in [5.74, 6) is -1.78. The standard InChI is InChI=1S/C42H49N5O8.2ClH.Mn/c48-39(31-13-5-1-6-14-31)52-27-35-23-43-21-22-44-36(28-53-40(49)32-15-7-2-8-16-32)24-46-38(30-55-42(51)34-19-11-4-12-20-34)26-47-37(25-45-35)29-54-41(50)33-17-9-3-10-18-33;;;/h1-20,35-38,43-47H,21-30H2;2*1H;/q;;;+2/p-2/t35-,36-,37-,38-;;;/m0.../s1. The number of carbonyl (C=O) groups excluding carboxylic acids is 4. The predicted octanol–water partition coefficient (Wildman–Crippen LogP) is 4.23. The quantitative estimate of drug-likeness (QED) is 0.0782. The van der Waals surface area contributed by atoms with E-state index in [0.717, 1.165) is 0 Å². The zero-order valence-corrected chi connectivity index (χ0v) is 34.5. The molecule has 5 N–H and O–H groups in total. The van der Waals surface area contributed by atoms with Gasteiger partial charge in [0, 0.05) is 39.3 Å². The maximum absolute atomic E-state index is 12.9. The van der Waals surface area contributed by atoms with Gasteiger partial charge >= 0.3 is 57.2 Å².